The maximum atomic E-state index is 3.73. The summed E-state index contributed by atoms with van der Waals surface area (Å²) in [7, 11) is 0. The first-order valence-corrected chi connectivity index (χ1v) is 8.36. The van der Waals surface area contributed by atoms with Gasteiger partial charge in [0.05, 0.1) is 0 Å². The van der Waals surface area contributed by atoms with Gasteiger partial charge in [-0.25, -0.2) is 0 Å². The molecule has 2 atom stereocenters. The van der Waals surface area contributed by atoms with Gasteiger partial charge in [-0.2, -0.15) is 11.8 Å². The molecule has 2 rings (SSSR count). The average Bonchev–Trinajstić information content (AvgIpc) is 2.53. The Hall–Kier alpha value is 0.270. The van der Waals surface area contributed by atoms with Crippen LogP contribution in [-0.2, 0) is 0 Å². The Morgan fingerprint density at radius 3 is 2.94 bits per heavy atom. The van der Waals surface area contributed by atoms with Crippen molar-refractivity contribution in [3.8, 4) is 0 Å². The zero-order valence-electron chi connectivity index (χ0n) is 11.5. The van der Waals surface area contributed by atoms with Crippen molar-refractivity contribution in [2.45, 2.75) is 56.7 Å². The summed E-state index contributed by atoms with van der Waals surface area (Å²) < 4.78 is 0. The molecule has 0 aromatic rings. The van der Waals surface area contributed by atoms with Gasteiger partial charge < -0.3 is 10.2 Å². The van der Waals surface area contributed by atoms with Crippen LogP contribution >= 0.6 is 11.8 Å². The van der Waals surface area contributed by atoms with E-state index in [-0.39, 0.29) is 0 Å². The molecule has 0 saturated carbocycles. The van der Waals surface area contributed by atoms with E-state index in [0.717, 1.165) is 5.25 Å². The highest BCUT2D eigenvalue weighted by atomic mass is 32.2. The Balaban J connectivity index is 1.85. The second-order valence-corrected chi connectivity index (χ2v) is 7.33. The Bertz CT molecular complexity index is 228. The molecule has 0 aromatic heterocycles. The molecule has 0 spiro atoms. The van der Waals surface area contributed by atoms with Crippen molar-refractivity contribution in [2.75, 3.05) is 31.9 Å². The van der Waals surface area contributed by atoms with Gasteiger partial charge in [0.25, 0.3) is 0 Å². The Morgan fingerprint density at radius 2 is 2.24 bits per heavy atom. The lowest BCUT2D eigenvalue weighted by molar-refractivity contribution is 0.213. The van der Waals surface area contributed by atoms with Crippen LogP contribution in [0.2, 0.25) is 0 Å². The van der Waals surface area contributed by atoms with Gasteiger partial charge in [-0.15, -0.1) is 0 Å². The molecule has 3 heteroatoms. The molecule has 0 bridgehead atoms. The summed E-state index contributed by atoms with van der Waals surface area (Å²) in [4.78, 5) is 2.71. The van der Waals surface area contributed by atoms with Crippen molar-refractivity contribution in [1.82, 2.24) is 10.2 Å². The van der Waals surface area contributed by atoms with E-state index in [2.05, 4.69) is 35.8 Å². The summed E-state index contributed by atoms with van der Waals surface area (Å²) in [5.41, 5.74) is 0.343. The van der Waals surface area contributed by atoms with Gasteiger partial charge in [0, 0.05) is 23.9 Å². The van der Waals surface area contributed by atoms with Crippen molar-refractivity contribution in [3.63, 3.8) is 0 Å². The molecule has 2 fully saturated rings. The van der Waals surface area contributed by atoms with Crippen LogP contribution in [0.3, 0.4) is 0 Å². The first-order valence-electron chi connectivity index (χ1n) is 7.31. The normalized spacial score (nSPS) is 36.7. The molecule has 17 heavy (non-hydrogen) atoms. The van der Waals surface area contributed by atoms with E-state index >= 15 is 0 Å². The summed E-state index contributed by atoms with van der Waals surface area (Å²) in [5.74, 6) is 1.39. The molecule has 2 aliphatic heterocycles. The molecule has 2 unspecified atom stereocenters. The first-order chi connectivity index (χ1) is 8.22. The lowest BCUT2D eigenvalue weighted by Gasteiger charge is -2.35. The van der Waals surface area contributed by atoms with Crippen LogP contribution < -0.4 is 5.32 Å². The first kappa shape index (κ1) is 13.7. The van der Waals surface area contributed by atoms with Crippen molar-refractivity contribution < 1.29 is 0 Å². The lowest BCUT2D eigenvalue weighted by Crippen LogP contribution is -2.49. The molecule has 0 aromatic carbocycles. The molecule has 2 saturated heterocycles. The maximum Gasteiger partial charge on any atom is 0.0277 e. The number of thioether (sulfide) groups is 1. The number of nitrogens with one attached hydrogen (secondary N) is 1. The minimum Gasteiger partial charge on any atom is -0.310 e. The smallest absolute Gasteiger partial charge is 0.0277 e. The minimum absolute atomic E-state index is 0.343. The zero-order valence-corrected chi connectivity index (χ0v) is 12.3. The molecule has 100 valence electrons. The van der Waals surface area contributed by atoms with Crippen LogP contribution in [0.15, 0.2) is 0 Å². The van der Waals surface area contributed by atoms with Crippen molar-refractivity contribution >= 4 is 11.8 Å². The van der Waals surface area contributed by atoms with E-state index < -0.39 is 0 Å². The van der Waals surface area contributed by atoms with Crippen LogP contribution in [0.1, 0.15) is 46.0 Å². The molecule has 0 amide bonds. The summed E-state index contributed by atoms with van der Waals surface area (Å²) in [5, 5.41) is 4.63. The molecular weight excluding hydrogens is 228 g/mol. The van der Waals surface area contributed by atoms with Crippen LogP contribution in [0, 0.1) is 0 Å². The standard InChI is InChI=1S/C14H28N2S/c1-3-14(2)12-16(9-6-8-15-14)11-13-7-4-5-10-17-13/h13,15H,3-12H2,1-2H3. The third-order valence-corrected chi connectivity index (χ3v) is 5.67. The predicted molar refractivity (Wildman–Crippen MR) is 77.9 cm³/mol. The average molecular weight is 256 g/mol. The van der Waals surface area contributed by atoms with Crippen LogP contribution in [0.5, 0.6) is 0 Å². The summed E-state index contributed by atoms with van der Waals surface area (Å²) >= 11 is 2.21. The van der Waals surface area contributed by atoms with Crippen LogP contribution in [0.4, 0.5) is 0 Å². The van der Waals surface area contributed by atoms with Gasteiger partial charge in [-0.1, -0.05) is 13.3 Å². The molecule has 2 aliphatic rings. The molecular formula is C14H28N2S. The van der Waals surface area contributed by atoms with E-state index in [9.17, 15) is 0 Å². The zero-order chi connectivity index (χ0) is 12.1. The summed E-state index contributed by atoms with van der Waals surface area (Å²) in [6.07, 6.45) is 6.88. The van der Waals surface area contributed by atoms with Crippen LogP contribution in [0.25, 0.3) is 0 Å². The van der Waals surface area contributed by atoms with E-state index in [4.69, 9.17) is 0 Å². The molecule has 0 aliphatic carbocycles. The Morgan fingerprint density at radius 1 is 1.35 bits per heavy atom. The van der Waals surface area contributed by atoms with Gasteiger partial charge >= 0.3 is 0 Å². The second kappa shape index (κ2) is 6.44. The highest BCUT2D eigenvalue weighted by Gasteiger charge is 2.28. The van der Waals surface area contributed by atoms with Gasteiger partial charge in [0.15, 0.2) is 0 Å². The van der Waals surface area contributed by atoms with Crippen LogP contribution in [-0.4, -0.2) is 47.6 Å². The third kappa shape index (κ3) is 4.15. The highest BCUT2D eigenvalue weighted by Crippen LogP contribution is 2.26. The fourth-order valence-electron chi connectivity index (χ4n) is 2.95. The van der Waals surface area contributed by atoms with E-state index in [1.54, 1.807) is 0 Å². The highest BCUT2D eigenvalue weighted by molar-refractivity contribution is 7.99. The van der Waals surface area contributed by atoms with Gasteiger partial charge in [0.1, 0.15) is 0 Å². The number of nitrogens with zero attached hydrogens (tertiary/aromatic N) is 1. The number of hydrogen-bond donors (Lipinski definition) is 1. The van der Waals surface area contributed by atoms with Gasteiger partial charge in [-0.05, 0) is 51.4 Å². The maximum absolute atomic E-state index is 3.73. The van der Waals surface area contributed by atoms with E-state index in [1.165, 1.54) is 64.0 Å². The van der Waals surface area contributed by atoms with Gasteiger partial charge in [-0.3, -0.25) is 0 Å². The molecule has 2 nitrogen and oxygen atoms in total. The monoisotopic (exact) mass is 256 g/mol. The molecule has 2 heterocycles. The fraction of sp³-hybridized carbons (Fsp3) is 1.00. The Labute approximate surface area is 111 Å². The lowest BCUT2D eigenvalue weighted by atomic mass is 9.98. The van der Waals surface area contributed by atoms with E-state index in [0.29, 0.717) is 5.54 Å². The second-order valence-electron chi connectivity index (χ2n) is 5.92. The van der Waals surface area contributed by atoms with Crippen molar-refractivity contribution in [1.29, 1.82) is 0 Å². The number of hydrogen-bond acceptors (Lipinski definition) is 3. The van der Waals surface area contributed by atoms with Crippen molar-refractivity contribution in [2.24, 2.45) is 0 Å². The molecule has 0 radical (unpaired) electrons. The summed E-state index contributed by atoms with van der Waals surface area (Å²) in [6.45, 7) is 9.74. The van der Waals surface area contributed by atoms with E-state index in [1.807, 2.05) is 0 Å². The molecule has 1 N–H and O–H groups in total. The van der Waals surface area contributed by atoms with Gasteiger partial charge in [0.2, 0.25) is 0 Å². The summed E-state index contributed by atoms with van der Waals surface area (Å²) in [6, 6.07) is 0. The minimum atomic E-state index is 0.343. The number of rotatable bonds is 3. The predicted octanol–water partition coefficient (Wildman–Crippen LogP) is 2.74. The largest absolute Gasteiger partial charge is 0.310 e. The Kier molecular flexibility index (Phi) is 5.19. The quantitative estimate of drug-likeness (QED) is 0.836. The fourth-order valence-corrected chi connectivity index (χ4v) is 4.31. The topological polar surface area (TPSA) is 15.3 Å². The SMILES string of the molecule is CCC1(C)CN(CC2CCCCS2)CCCN1. The van der Waals surface area contributed by atoms with Crippen molar-refractivity contribution in [3.05, 3.63) is 0 Å². The third-order valence-electron chi connectivity index (χ3n) is 4.29.